The minimum Gasteiger partial charge on any atom is -0.492 e. The van der Waals surface area contributed by atoms with Gasteiger partial charge < -0.3 is 15.4 Å². The molecule has 2 rings (SSSR count). The zero-order valence-corrected chi connectivity index (χ0v) is 12.3. The largest absolute Gasteiger partial charge is 0.492 e. The van der Waals surface area contributed by atoms with Gasteiger partial charge in [-0.2, -0.15) is 0 Å². The first kappa shape index (κ1) is 15.3. The standard InChI is InChI=1S/C17H21FN2O/c1-2-20(17-6-4-3-5-16(17)18)11-12-21-15-9-7-14(13-19)8-10-15/h3-10H,2,11-13,19H2,1H3. The van der Waals surface area contributed by atoms with Crippen molar-refractivity contribution in [2.75, 3.05) is 24.6 Å². The first-order valence-electron chi connectivity index (χ1n) is 7.16. The molecule has 0 spiro atoms. The lowest BCUT2D eigenvalue weighted by Crippen LogP contribution is -2.28. The number of anilines is 1. The van der Waals surface area contributed by atoms with Gasteiger partial charge in [0.1, 0.15) is 18.2 Å². The van der Waals surface area contributed by atoms with Gasteiger partial charge in [-0.15, -0.1) is 0 Å². The van der Waals surface area contributed by atoms with Crippen LogP contribution in [0.2, 0.25) is 0 Å². The number of hydrogen-bond acceptors (Lipinski definition) is 3. The monoisotopic (exact) mass is 288 g/mol. The normalized spacial score (nSPS) is 10.4. The Kier molecular flexibility index (Phi) is 5.58. The van der Waals surface area contributed by atoms with E-state index in [1.807, 2.05) is 42.2 Å². The van der Waals surface area contributed by atoms with E-state index in [4.69, 9.17) is 10.5 Å². The van der Waals surface area contributed by atoms with Gasteiger partial charge in [-0.25, -0.2) is 4.39 Å². The predicted molar refractivity (Wildman–Crippen MR) is 84.1 cm³/mol. The highest BCUT2D eigenvalue weighted by molar-refractivity contribution is 5.47. The molecule has 0 fully saturated rings. The number of nitrogens with zero attached hydrogens (tertiary/aromatic N) is 1. The van der Waals surface area contributed by atoms with Crippen molar-refractivity contribution in [2.45, 2.75) is 13.5 Å². The molecule has 0 amide bonds. The molecule has 0 atom stereocenters. The van der Waals surface area contributed by atoms with Gasteiger partial charge in [0.2, 0.25) is 0 Å². The second-order valence-corrected chi connectivity index (χ2v) is 4.73. The maximum Gasteiger partial charge on any atom is 0.146 e. The molecule has 0 bridgehead atoms. The van der Waals surface area contributed by atoms with Crippen molar-refractivity contribution in [1.82, 2.24) is 0 Å². The number of hydrogen-bond donors (Lipinski definition) is 1. The Labute approximate surface area is 125 Å². The minimum atomic E-state index is -0.202. The number of benzene rings is 2. The molecule has 0 heterocycles. The summed E-state index contributed by atoms with van der Waals surface area (Å²) < 4.78 is 19.5. The highest BCUT2D eigenvalue weighted by Crippen LogP contribution is 2.18. The molecule has 0 saturated carbocycles. The van der Waals surface area contributed by atoms with Gasteiger partial charge in [0, 0.05) is 13.1 Å². The summed E-state index contributed by atoms with van der Waals surface area (Å²) >= 11 is 0. The van der Waals surface area contributed by atoms with Gasteiger partial charge in [0.15, 0.2) is 0 Å². The molecular weight excluding hydrogens is 267 g/mol. The van der Waals surface area contributed by atoms with Gasteiger partial charge in [0.05, 0.1) is 12.2 Å². The molecule has 2 aromatic rings. The molecule has 3 nitrogen and oxygen atoms in total. The van der Waals surface area contributed by atoms with Crippen LogP contribution in [0.15, 0.2) is 48.5 Å². The SMILES string of the molecule is CCN(CCOc1ccc(CN)cc1)c1ccccc1F. The number of ether oxygens (including phenoxy) is 1. The van der Waals surface area contributed by atoms with Gasteiger partial charge in [0.25, 0.3) is 0 Å². The van der Waals surface area contributed by atoms with E-state index in [1.165, 1.54) is 6.07 Å². The number of halogens is 1. The molecule has 0 aliphatic heterocycles. The Morgan fingerprint density at radius 1 is 1.10 bits per heavy atom. The molecule has 4 heteroatoms. The van der Waals surface area contributed by atoms with E-state index < -0.39 is 0 Å². The zero-order valence-electron chi connectivity index (χ0n) is 12.3. The van der Waals surface area contributed by atoms with Gasteiger partial charge >= 0.3 is 0 Å². The zero-order chi connectivity index (χ0) is 15.1. The molecule has 0 aliphatic carbocycles. The molecule has 21 heavy (non-hydrogen) atoms. The molecular formula is C17H21FN2O. The van der Waals surface area contributed by atoms with Crippen molar-refractivity contribution in [3.63, 3.8) is 0 Å². The minimum absolute atomic E-state index is 0.202. The molecule has 0 radical (unpaired) electrons. The average molecular weight is 288 g/mol. The van der Waals surface area contributed by atoms with Crippen LogP contribution in [-0.4, -0.2) is 19.7 Å². The van der Waals surface area contributed by atoms with Crippen LogP contribution >= 0.6 is 0 Å². The molecule has 0 saturated heterocycles. The summed E-state index contributed by atoms with van der Waals surface area (Å²) in [5.41, 5.74) is 7.24. The number of para-hydroxylation sites is 1. The summed E-state index contributed by atoms with van der Waals surface area (Å²) in [6.07, 6.45) is 0. The number of nitrogens with two attached hydrogens (primary N) is 1. The lowest BCUT2D eigenvalue weighted by atomic mass is 10.2. The van der Waals surface area contributed by atoms with Crippen LogP contribution in [0.5, 0.6) is 5.75 Å². The number of rotatable bonds is 7. The molecule has 2 aromatic carbocycles. The number of likely N-dealkylation sites (N-methyl/N-ethyl adjacent to an activating group) is 1. The second-order valence-electron chi connectivity index (χ2n) is 4.73. The highest BCUT2D eigenvalue weighted by atomic mass is 19.1. The Bertz CT molecular complexity index is 557. The Morgan fingerprint density at radius 3 is 2.43 bits per heavy atom. The summed E-state index contributed by atoms with van der Waals surface area (Å²) in [5.74, 6) is 0.600. The molecule has 0 unspecified atom stereocenters. The van der Waals surface area contributed by atoms with Crippen LogP contribution in [0, 0.1) is 5.82 Å². The van der Waals surface area contributed by atoms with E-state index in [-0.39, 0.29) is 5.82 Å². The average Bonchev–Trinajstić information content (AvgIpc) is 2.53. The van der Waals surface area contributed by atoms with E-state index in [0.29, 0.717) is 25.4 Å². The van der Waals surface area contributed by atoms with Crippen LogP contribution in [0.1, 0.15) is 12.5 Å². The van der Waals surface area contributed by atoms with Crippen LogP contribution in [0.3, 0.4) is 0 Å². The lowest BCUT2D eigenvalue weighted by molar-refractivity contribution is 0.323. The van der Waals surface area contributed by atoms with Gasteiger partial charge in [-0.3, -0.25) is 0 Å². The van der Waals surface area contributed by atoms with Crippen molar-refractivity contribution in [2.24, 2.45) is 5.73 Å². The molecule has 2 N–H and O–H groups in total. The summed E-state index contributed by atoms with van der Waals surface area (Å²) in [4.78, 5) is 1.96. The maximum atomic E-state index is 13.8. The van der Waals surface area contributed by atoms with E-state index in [1.54, 1.807) is 12.1 Å². The van der Waals surface area contributed by atoms with Crippen LogP contribution in [0.25, 0.3) is 0 Å². The molecule has 0 aliphatic rings. The summed E-state index contributed by atoms with van der Waals surface area (Å²) in [7, 11) is 0. The maximum absolute atomic E-state index is 13.8. The fraction of sp³-hybridized carbons (Fsp3) is 0.294. The lowest BCUT2D eigenvalue weighted by Gasteiger charge is -2.23. The smallest absolute Gasteiger partial charge is 0.146 e. The third kappa shape index (κ3) is 4.20. The third-order valence-electron chi connectivity index (χ3n) is 3.36. The van der Waals surface area contributed by atoms with Crippen LogP contribution in [-0.2, 0) is 6.54 Å². The van der Waals surface area contributed by atoms with E-state index in [0.717, 1.165) is 17.9 Å². The summed E-state index contributed by atoms with van der Waals surface area (Å²) in [6, 6.07) is 14.5. The first-order valence-corrected chi connectivity index (χ1v) is 7.16. The van der Waals surface area contributed by atoms with Crippen molar-refractivity contribution in [1.29, 1.82) is 0 Å². The van der Waals surface area contributed by atoms with Crippen molar-refractivity contribution in [3.8, 4) is 5.75 Å². The fourth-order valence-electron chi connectivity index (χ4n) is 2.15. The van der Waals surface area contributed by atoms with E-state index >= 15 is 0 Å². The summed E-state index contributed by atoms with van der Waals surface area (Å²) in [6.45, 7) is 4.40. The topological polar surface area (TPSA) is 38.5 Å². The second kappa shape index (κ2) is 7.64. The third-order valence-corrected chi connectivity index (χ3v) is 3.36. The Balaban J connectivity index is 1.90. The predicted octanol–water partition coefficient (Wildman–Crippen LogP) is 3.19. The van der Waals surface area contributed by atoms with Crippen LogP contribution < -0.4 is 15.4 Å². The van der Waals surface area contributed by atoms with Crippen molar-refractivity contribution >= 4 is 5.69 Å². The fourth-order valence-corrected chi connectivity index (χ4v) is 2.15. The summed E-state index contributed by atoms with van der Waals surface area (Å²) in [5, 5.41) is 0. The van der Waals surface area contributed by atoms with Crippen molar-refractivity contribution < 1.29 is 9.13 Å². The van der Waals surface area contributed by atoms with Gasteiger partial charge in [-0.1, -0.05) is 24.3 Å². The Hall–Kier alpha value is -2.07. The Morgan fingerprint density at radius 2 is 1.81 bits per heavy atom. The molecule has 0 aromatic heterocycles. The molecule has 112 valence electrons. The first-order chi connectivity index (χ1) is 10.2. The van der Waals surface area contributed by atoms with Crippen molar-refractivity contribution in [3.05, 3.63) is 59.9 Å². The van der Waals surface area contributed by atoms with E-state index in [2.05, 4.69) is 0 Å². The van der Waals surface area contributed by atoms with Crippen LogP contribution in [0.4, 0.5) is 10.1 Å². The van der Waals surface area contributed by atoms with Gasteiger partial charge in [-0.05, 0) is 36.8 Å². The highest BCUT2D eigenvalue weighted by Gasteiger charge is 2.09. The quantitative estimate of drug-likeness (QED) is 0.850. The van der Waals surface area contributed by atoms with E-state index in [9.17, 15) is 4.39 Å².